The van der Waals surface area contributed by atoms with Crippen molar-refractivity contribution in [2.45, 2.75) is 45.6 Å². The zero-order chi connectivity index (χ0) is 18.1. The van der Waals surface area contributed by atoms with Crippen LogP contribution in [0.1, 0.15) is 47.4 Å². The summed E-state index contributed by atoms with van der Waals surface area (Å²) >= 11 is 0. The van der Waals surface area contributed by atoms with Gasteiger partial charge in [0.15, 0.2) is 0 Å². The van der Waals surface area contributed by atoms with Crippen LogP contribution < -0.4 is 0 Å². The van der Waals surface area contributed by atoms with E-state index in [9.17, 15) is 9.90 Å². The fourth-order valence-electron chi connectivity index (χ4n) is 3.89. The summed E-state index contributed by atoms with van der Waals surface area (Å²) < 4.78 is 3.81. The summed E-state index contributed by atoms with van der Waals surface area (Å²) in [5, 5.41) is 14.5. The highest BCUT2D eigenvalue weighted by Crippen LogP contribution is 2.26. The van der Waals surface area contributed by atoms with Gasteiger partial charge in [0, 0.05) is 37.9 Å². The van der Waals surface area contributed by atoms with Crippen molar-refractivity contribution in [1.29, 1.82) is 0 Å². The van der Waals surface area contributed by atoms with Gasteiger partial charge >= 0.3 is 0 Å². The number of aryl methyl sites for hydroxylation is 3. The van der Waals surface area contributed by atoms with E-state index >= 15 is 0 Å². The average molecular weight is 344 g/mol. The summed E-state index contributed by atoms with van der Waals surface area (Å²) in [6.45, 7) is 4.63. The van der Waals surface area contributed by atoms with Gasteiger partial charge in [0.2, 0.25) is 0 Å². The normalized spacial score (nSPS) is 20.7. The molecule has 25 heavy (non-hydrogen) atoms. The SMILES string of the molecule is Cc1ccc(C)n1-c1c(C(=O)N(C)CC2CCCCC2O)cnn1C. The molecule has 1 saturated carbocycles. The summed E-state index contributed by atoms with van der Waals surface area (Å²) in [6.07, 6.45) is 5.37. The highest BCUT2D eigenvalue weighted by molar-refractivity contribution is 5.97. The van der Waals surface area contributed by atoms with E-state index in [2.05, 4.69) is 9.67 Å². The van der Waals surface area contributed by atoms with Crippen LogP contribution in [0.3, 0.4) is 0 Å². The fourth-order valence-corrected chi connectivity index (χ4v) is 3.89. The van der Waals surface area contributed by atoms with Crippen LogP contribution in [-0.2, 0) is 7.05 Å². The first-order valence-electron chi connectivity index (χ1n) is 9.01. The molecule has 1 N–H and O–H groups in total. The first-order chi connectivity index (χ1) is 11.9. The summed E-state index contributed by atoms with van der Waals surface area (Å²) in [5.74, 6) is 0.910. The smallest absolute Gasteiger partial charge is 0.259 e. The molecule has 2 heterocycles. The van der Waals surface area contributed by atoms with Crippen molar-refractivity contribution in [2.24, 2.45) is 13.0 Å². The number of aliphatic hydroxyl groups excluding tert-OH is 1. The van der Waals surface area contributed by atoms with Gasteiger partial charge in [-0.25, -0.2) is 0 Å². The Hall–Kier alpha value is -2.08. The van der Waals surface area contributed by atoms with Crippen LogP contribution in [0.25, 0.3) is 5.82 Å². The Labute approximate surface area is 149 Å². The molecule has 1 amide bonds. The number of amides is 1. The van der Waals surface area contributed by atoms with Gasteiger partial charge in [-0.05, 0) is 38.8 Å². The summed E-state index contributed by atoms with van der Waals surface area (Å²) in [5.41, 5.74) is 2.73. The number of carbonyl (C=O) groups excluding carboxylic acids is 1. The number of aliphatic hydroxyl groups is 1. The second kappa shape index (κ2) is 7.04. The molecule has 136 valence electrons. The highest BCUT2D eigenvalue weighted by atomic mass is 16.3. The van der Waals surface area contributed by atoms with E-state index in [1.807, 2.05) is 40.1 Å². The van der Waals surface area contributed by atoms with Crippen molar-refractivity contribution in [2.75, 3.05) is 13.6 Å². The number of hydrogen-bond donors (Lipinski definition) is 1. The van der Waals surface area contributed by atoms with Crippen molar-refractivity contribution in [3.05, 3.63) is 35.3 Å². The van der Waals surface area contributed by atoms with Crippen LogP contribution >= 0.6 is 0 Å². The third kappa shape index (κ3) is 3.35. The van der Waals surface area contributed by atoms with Crippen LogP contribution in [0, 0.1) is 19.8 Å². The van der Waals surface area contributed by atoms with Crippen LogP contribution in [0.15, 0.2) is 18.3 Å². The predicted molar refractivity (Wildman–Crippen MR) is 96.9 cm³/mol. The number of hydrogen-bond acceptors (Lipinski definition) is 3. The Morgan fingerprint density at radius 3 is 2.56 bits per heavy atom. The van der Waals surface area contributed by atoms with Gasteiger partial charge in [-0.1, -0.05) is 12.8 Å². The first kappa shape index (κ1) is 17.7. The van der Waals surface area contributed by atoms with Gasteiger partial charge in [-0.2, -0.15) is 5.10 Å². The maximum absolute atomic E-state index is 13.1. The van der Waals surface area contributed by atoms with Crippen molar-refractivity contribution in [3.63, 3.8) is 0 Å². The molecule has 1 fully saturated rings. The van der Waals surface area contributed by atoms with Gasteiger partial charge in [-0.3, -0.25) is 9.48 Å². The van der Waals surface area contributed by atoms with E-state index in [-0.39, 0.29) is 17.9 Å². The van der Waals surface area contributed by atoms with Gasteiger partial charge in [0.1, 0.15) is 11.4 Å². The maximum Gasteiger partial charge on any atom is 0.259 e. The van der Waals surface area contributed by atoms with E-state index in [0.29, 0.717) is 12.1 Å². The van der Waals surface area contributed by atoms with Crippen molar-refractivity contribution >= 4 is 5.91 Å². The van der Waals surface area contributed by atoms with E-state index in [4.69, 9.17) is 0 Å². The average Bonchev–Trinajstić information content (AvgIpc) is 3.11. The van der Waals surface area contributed by atoms with Crippen LogP contribution in [0.2, 0.25) is 0 Å². The first-order valence-corrected chi connectivity index (χ1v) is 9.01. The third-order valence-electron chi connectivity index (χ3n) is 5.34. The van der Waals surface area contributed by atoms with E-state index < -0.39 is 0 Å². The molecule has 0 aromatic carbocycles. The molecule has 0 radical (unpaired) electrons. The zero-order valence-corrected chi connectivity index (χ0v) is 15.6. The number of carbonyl (C=O) groups is 1. The fraction of sp³-hybridized carbons (Fsp3) is 0.579. The predicted octanol–water partition coefficient (Wildman–Crippen LogP) is 2.45. The number of nitrogens with zero attached hydrogens (tertiary/aromatic N) is 4. The number of rotatable bonds is 4. The lowest BCUT2D eigenvalue weighted by Gasteiger charge is -2.31. The molecule has 0 aliphatic heterocycles. The number of aromatic nitrogens is 3. The molecule has 1 aliphatic carbocycles. The Morgan fingerprint density at radius 2 is 1.92 bits per heavy atom. The highest BCUT2D eigenvalue weighted by Gasteiger charge is 2.28. The molecule has 3 rings (SSSR count). The molecule has 6 nitrogen and oxygen atoms in total. The standard InChI is InChI=1S/C19H28N4O2/c1-13-9-10-14(2)23(13)18-16(11-20-22(18)4)19(25)21(3)12-15-7-5-6-8-17(15)24/h9-11,15,17,24H,5-8,12H2,1-4H3. The molecular weight excluding hydrogens is 316 g/mol. The van der Waals surface area contributed by atoms with Crippen molar-refractivity contribution in [1.82, 2.24) is 19.2 Å². The minimum atomic E-state index is -0.300. The van der Waals surface area contributed by atoms with Crippen LogP contribution in [0.4, 0.5) is 0 Å². The molecule has 6 heteroatoms. The summed E-state index contributed by atoms with van der Waals surface area (Å²) in [6, 6.07) is 4.08. The summed E-state index contributed by atoms with van der Waals surface area (Å²) in [7, 11) is 3.67. The molecule has 0 bridgehead atoms. The Bertz CT molecular complexity index is 742. The molecular formula is C19H28N4O2. The quantitative estimate of drug-likeness (QED) is 0.927. The molecule has 0 spiro atoms. The molecule has 2 aromatic heterocycles. The maximum atomic E-state index is 13.1. The van der Waals surface area contributed by atoms with Gasteiger partial charge in [0.25, 0.3) is 5.91 Å². The molecule has 2 atom stereocenters. The minimum Gasteiger partial charge on any atom is -0.393 e. The van der Waals surface area contributed by atoms with Crippen LogP contribution in [0.5, 0.6) is 0 Å². The molecule has 0 saturated heterocycles. The summed E-state index contributed by atoms with van der Waals surface area (Å²) in [4.78, 5) is 14.8. The third-order valence-corrected chi connectivity index (χ3v) is 5.34. The molecule has 1 aliphatic rings. The lowest BCUT2D eigenvalue weighted by Crippen LogP contribution is -2.38. The topological polar surface area (TPSA) is 63.3 Å². The lowest BCUT2D eigenvalue weighted by atomic mass is 9.86. The van der Waals surface area contributed by atoms with E-state index in [0.717, 1.165) is 42.9 Å². The van der Waals surface area contributed by atoms with E-state index in [1.165, 1.54) is 0 Å². The molecule has 2 aromatic rings. The van der Waals surface area contributed by atoms with Crippen molar-refractivity contribution < 1.29 is 9.90 Å². The molecule has 2 unspecified atom stereocenters. The Morgan fingerprint density at radius 1 is 1.28 bits per heavy atom. The largest absolute Gasteiger partial charge is 0.393 e. The lowest BCUT2D eigenvalue weighted by molar-refractivity contribution is 0.0451. The van der Waals surface area contributed by atoms with Gasteiger partial charge < -0.3 is 14.6 Å². The monoisotopic (exact) mass is 344 g/mol. The van der Waals surface area contributed by atoms with Gasteiger partial charge in [0.05, 0.1) is 12.3 Å². The van der Waals surface area contributed by atoms with Gasteiger partial charge in [-0.15, -0.1) is 0 Å². The Kier molecular flexibility index (Phi) is 4.99. The van der Waals surface area contributed by atoms with E-state index in [1.54, 1.807) is 15.8 Å². The van der Waals surface area contributed by atoms with Crippen molar-refractivity contribution in [3.8, 4) is 5.82 Å². The second-order valence-electron chi connectivity index (χ2n) is 7.25. The second-order valence-corrected chi connectivity index (χ2v) is 7.25. The minimum absolute atomic E-state index is 0.0478. The Balaban J connectivity index is 1.86. The zero-order valence-electron chi connectivity index (χ0n) is 15.6. The van der Waals surface area contributed by atoms with Crippen LogP contribution in [-0.4, -0.2) is 50.0 Å².